The van der Waals surface area contributed by atoms with Gasteiger partial charge in [-0.05, 0) is 39.1 Å². The van der Waals surface area contributed by atoms with Gasteiger partial charge in [0.15, 0.2) is 0 Å². The van der Waals surface area contributed by atoms with Crippen LogP contribution in [0, 0.1) is 0 Å². The zero-order chi connectivity index (χ0) is 12.6. The van der Waals surface area contributed by atoms with Gasteiger partial charge in [-0.3, -0.25) is 4.90 Å². The Hall–Kier alpha value is -0.930. The number of benzene rings is 1. The first kappa shape index (κ1) is 12.5. The van der Waals surface area contributed by atoms with E-state index in [0.29, 0.717) is 12.1 Å². The maximum absolute atomic E-state index is 6.04. The molecule has 2 N–H and O–H groups in total. The molecule has 2 atom stereocenters. The van der Waals surface area contributed by atoms with Crippen LogP contribution in [0.5, 0.6) is 0 Å². The van der Waals surface area contributed by atoms with Crippen LogP contribution in [0.3, 0.4) is 0 Å². The number of hydrogen-bond donors (Lipinski definition) is 1. The molecule has 0 saturated carbocycles. The first-order chi connectivity index (χ1) is 7.99. The van der Waals surface area contributed by atoms with E-state index in [-0.39, 0.29) is 0 Å². The number of anilines is 2. The standard InChI is InChI=1S/C13H20ClN3/c1-9-7-17(8-10(2)16(9)3)13-6-11(14)4-5-12(13)15/h4-6,9-10H,7-8,15H2,1-3H3. The Bertz CT molecular complexity index is 396. The predicted molar refractivity (Wildman–Crippen MR) is 74.8 cm³/mol. The van der Waals surface area contributed by atoms with Crippen molar-refractivity contribution in [2.75, 3.05) is 30.8 Å². The van der Waals surface area contributed by atoms with Crippen LogP contribution in [0.15, 0.2) is 18.2 Å². The van der Waals surface area contributed by atoms with Gasteiger partial charge >= 0.3 is 0 Å². The van der Waals surface area contributed by atoms with Crippen molar-refractivity contribution in [1.82, 2.24) is 4.90 Å². The zero-order valence-electron chi connectivity index (χ0n) is 10.7. The number of halogens is 1. The third-order valence-corrected chi connectivity index (χ3v) is 3.93. The van der Waals surface area contributed by atoms with E-state index in [4.69, 9.17) is 17.3 Å². The normalized spacial score (nSPS) is 26.2. The second-order valence-electron chi connectivity index (χ2n) is 4.97. The minimum absolute atomic E-state index is 0.525. The van der Waals surface area contributed by atoms with E-state index >= 15 is 0 Å². The summed E-state index contributed by atoms with van der Waals surface area (Å²) < 4.78 is 0. The fraction of sp³-hybridized carbons (Fsp3) is 0.538. The Kier molecular flexibility index (Phi) is 3.50. The number of nitrogens with zero attached hydrogens (tertiary/aromatic N) is 2. The lowest BCUT2D eigenvalue weighted by Gasteiger charge is -2.43. The lowest BCUT2D eigenvalue weighted by Crippen LogP contribution is -2.55. The Balaban J connectivity index is 2.25. The Labute approximate surface area is 108 Å². The van der Waals surface area contributed by atoms with Gasteiger partial charge in [0, 0.05) is 30.2 Å². The summed E-state index contributed by atoms with van der Waals surface area (Å²) in [6.45, 7) is 6.46. The summed E-state index contributed by atoms with van der Waals surface area (Å²) in [6, 6.07) is 6.73. The van der Waals surface area contributed by atoms with Gasteiger partial charge in [-0.2, -0.15) is 0 Å². The second kappa shape index (κ2) is 4.75. The maximum Gasteiger partial charge on any atom is 0.0615 e. The molecule has 0 aromatic heterocycles. The molecule has 2 rings (SSSR count). The molecule has 17 heavy (non-hydrogen) atoms. The molecule has 0 spiro atoms. The van der Waals surface area contributed by atoms with Crippen molar-refractivity contribution in [3.8, 4) is 0 Å². The van der Waals surface area contributed by atoms with E-state index in [0.717, 1.165) is 29.5 Å². The average Bonchev–Trinajstić information content (AvgIpc) is 2.28. The minimum Gasteiger partial charge on any atom is -0.397 e. The highest BCUT2D eigenvalue weighted by atomic mass is 35.5. The molecule has 2 unspecified atom stereocenters. The quantitative estimate of drug-likeness (QED) is 0.781. The summed E-state index contributed by atoms with van der Waals surface area (Å²) in [7, 11) is 2.17. The molecular weight excluding hydrogens is 234 g/mol. The van der Waals surface area contributed by atoms with Gasteiger partial charge in [0.25, 0.3) is 0 Å². The van der Waals surface area contributed by atoms with Crippen LogP contribution in [-0.2, 0) is 0 Å². The van der Waals surface area contributed by atoms with Gasteiger partial charge < -0.3 is 10.6 Å². The fourth-order valence-corrected chi connectivity index (χ4v) is 2.56. The molecule has 1 aliphatic heterocycles. The van der Waals surface area contributed by atoms with Gasteiger partial charge in [0.2, 0.25) is 0 Å². The molecular formula is C13H20ClN3. The van der Waals surface area contributed by atoms with Gasteiger partial charge in [-0.1, -0.05) is 11.6 Å². The van der Waals surface area contributed by atoms with Gasteiger partial charge in [-0.15, -0.1) is 0 Å². The van der Waals surface area contributed by atoms with Crippen molar-refractivity contribution in [3.63, 3.8) is 0 Å². The average molecular weight is 254 g/mol. The molecule has 4 heteroatoms. The number of hydrogen-bond acceptors (Lipinski definition) is 3. The lowest BCUT2D eigenvalue weighted by atomic mass is 10.1. The van der Waals surface area contributed by atoms with Crippen LogP contribution in [0.1, 0.15) is 13.8 Å². The Morgan fingerprint density at radius 3 is 2.41 bits per heavy atom. The summed E-state index contributed by atoms with van der Waals surface area (Å²) in [4.78, 5) is 4.73. The van der Waals surface area contributed by atoms with Crippen LogP contribution >= 0.6 is 11.6 Å². The molecule has 1 aliphatic rings. The molecule has 94 valence electrons. The smallest absolute Gasteiger partial charge is 0.0615 e. The van der Waals surface area contributed by atoms with Crippen molar-refractivity contribution < 1.29 is 0 Å². The summed E-state index contributed by atoms with van der Waals surface area (Å²) in [5, 5.41) is 0.744. The van der Waals surface area contributed by atoms with Crippen molar-refractivity contribution in [3.05, 3.63) is 23.2 Å². The number of nitrogens with two attached hydrogens (primary N) is 1. The SMILES string of the molecule is CC1CN(c2cc(Cl)ccc2N)CC(C)N1C. The largest absolute Gasteiger partial charge is 0.397 e. The summed E-state index contributed by atoms with van der Waals surface area (Å²) >= 11 is 6.04. The summed E-state index contributed by atoms with van der Waals surface area (Å²) in [5.74, 6) is 0. The van der Waals surface area contributed by atoms with Crippen molar-refractivity contribution in [2.24, 2.45) is 0 Å². The molecule has 0 bridgehead atoms. The first-order valence-corrected chi connectivity index (χ1v) is 6.38. The molecule has 3 nitrogen and oxygen atoms in total. The third kappa shape index (κ3) is 2.50. The second-order valence-corrected chi connectivity index (χ2v) is 5.41. The number of rotatable bonds is 1. The maximum atomic E-state index is 6.04. The van der Waals surface area contributed by atoms with Crippen LogP contribution in [0.4, 0.5) is 11.4 Å². The van der Waals surface area contributed by atoms with E-state index in [1.54, 1.807) is 0 Å². The number of nitrogen functional groups attached to an aromatic ring is 1. The molecule has 1 fully saturated rings. The minimum atomic E-state index is 0.525. The van der Waals surface area contributed by atoms with Crippen molar-refractivity contribution in [2.45, 2.75) is 25.9 Å². The van der Waals surface area contributed by atoms with Gasteiger partial charge in [-0.25, -0.2) is 0 Å². The zero-order valence-corrected chi connectivity index (χ0v) is 11.4. The van der Waals surface area contributed by atoms with Crippen LogP contribution in [0.25, 0.3) is 0 Å². The van der Waals surface area contributed by atoms with Crippen LogP contribution < -0.4 is 10.6 Å². The molecule has 1 heterocycles. The van der Waals surface area contributed by atoms with E-state index in [1.807, 2.05) is 18.2 Å². The number of piperazine rings is 1. The third-order valence-electron chi connectivity index (χ3n) is 3.69. The molecule has 0 radical (unpaired) electrons. The predicted octanol–water partition coefficient (Wildman–Crippen LogP) is 2.45. The van der Waals surface area contributed by atoms with Crippen molar-refractivity contribution >= 4 is 23.0 Å². The molecule has 0 aliphatic carbocycles. The van der Waals surface area contributed by atoms with E-state index in [2.05, 4.69) is 30.7 Å². The first-order valence-electron chi connectivity index (χ1n) is 6.01. The number of likely N-dealkylation sites (N-methyl/N-ethyl adjacent to an activating group) is 1. The molecule has 1 saturated heterocycles. The molecule has 0 amide bonds. The highest BCUT2D eigenvalue weighted by molar-refractivity contribution is 6.31. The summed E-state index contributed by atoms with van der Waals surface area (Å²) in [6.07, 6.45) is 0. The van der Waals surface area contributed by atoms with E-state index in [1.165, 1.54) is 0 Å². The molecule has 1 aromatic rings. The fourth-order valence-electron chi connectivity index (χ4n) is 2.39. The highest BCUT2D eigenvalue weighted by Crippen LogP contribution is 2.29. The monoisotopic (exact) mass is 253 g/mol. The Morgan fingerprint density at radius 2 is 1.82 bits per heavy atom. The topological polar surface area (TPSA) is 32.5 Å². The van der Waals surface area contributed by atoms with Crippen molar-refractivity contribution in [1.29, 1.82) is 0 Å². The van der Waals surface area contributed by atoms with Gasteiger partial charge in [0.1, 0.15) is 0 Å². The lowest BCUT2D eigenvalue weighted by molar-refractivity contribution is 0.170. The van der Waals surface area contributed by atoms with E-state index < -0.39 is 0 Å². The summed E-state index contributed by atoms with van der Waals surface area (Å²) in [5.41, 5.74) is 7.90. The van der Waals surface area contributed by atoms with Crippen LogP contribution in [-0.4, -0.2) is 37.1 Å². The Morgan fingerprint density at radius 1 is 1.24 bits per heavy atom. The van der Waals surface area contributed by atoms with Gasteiger partial charge in [0.05, 0.1) is 11.4 Å². The van der Waals surface area contributed by atoms with Crippen LogP contribution in [0.2, 0.25) is 5.02 Å². The highest BCUT2D eigenvalue weighted by Gasteiger charge is 2.27. The van der Waals surface area contributed by atoms with E-state index in [9.17, 15) is 0 Å². The molecule has 1 aromatic carbocycles.